The van der Waals surface area contributed by atoms with Gasteiger partial charge in [0.05, 0.1) is 7.11 Å². The number of aromatic nitrogens is 2. The molecule has 0 saturated carbocycles. The van der Waals surface area contributed by atoms with Gasteiger partial charge in [0, 0.05) is 31.2 Å². The number of nitrogens with one attached hydrogen (secondary N) is 2. The summed E-state index contributed by atoms with van der Waals surface area (Å²) < 4.78 is 5.22. The van der Waals surface area contributed by atoms with E-state index in [1.54, 1.807) is 7.11 Å². The quantitative estimate of drug-likeness (QED) is 0.569. The lowest BCUT2D eigenvalue weighted by Crippen LogP contribution is -2.43. The number of ether oxygens (including phenoxy) is 1. The maximum Gasteiger partial charge on any atom is 0.317 e. The summed E-state index contributed by atoms with van der Waals surface area (Å²) >= 11 is 1.33. The van der Waals surface area contributed by atoms with Crippen LogP contribution in [-0.2, 0) is 6.54 Å². The Kier molecular flexibility index (Phi) is 7.19. The molecule has 0 unspecified atom stereocenters. The van der Waals surface area contributed by atoms with E-state index in [0.29, 0.717) is 24.6 Å². The highest BCUT2D eigenvalue weighted by Gasteiger charge is 2.27. The topological polar surface area (TPSA) is 96.4 Å². The fourth-order valence-electron chi connectivity index (χ4n) is 3.71. The summed E-state index contributed by atoms with van der Waals surface area (Å²) in [6.45, 7) is 3.72. The van der Waals surface area contributed by atoms with E-state index in [1.165, 1.54) is 11.3 Å². The number of rotatable bonds is 6. The first-order chi connectivity index (χ1) is 16.0. The summed E-state index contributed by atoms with van der Waals surface area (Å²) in [5.41, 5.74) is 2.85. The van der Waals surface area contributed by atoms with E-state index in [0.717, 1.165) is 40.4 Å². The first kappa shape index (κ1) is 22.7. The maximum atomic E-state index is 12.6. The second kappa shape index (κ2) is 10.4. The third-order valence-corrected chi connectivity index (χ3v) is 6.74. The SMILES string of the molecule is COc1cccc(CNC(=O)N2CCC(c3nnc(C(=O)Nc4ccc(C)cc4)s3)CC2)c1. The van der Waals surface area contributed by atoms with Crippen molar-refractivity contribution in [2.24, 2.45) is 0 Å². The van der Waals surface area contributed by atoms with Crippen molar-refractivity contribution in [1.82, 2.24) is 20.4 Å². The number of hydrogen-bond acceptors (Lipinski definition) is 6. The molecule has 1 fully saturated rings. The number of carbonyl (C=O) groups excluding carboxylic acids is 2. The molecule has 1 aromatic heterocycles. The van der Waals surface area contributed by atoms with Gasteiger partial charge in [0.25, 0.3) is 5.91 Å². The minimum absolute atomic E-state index is 0.0771. The number of anilines is 1. The number of likely N-dealkylation sites (tertiary alicyclic amines) is 1. The van der Waals surface area contributed by atoms with E-state index in [4.69, 9.17) is 4.74 Å². The Morgan fingerprint density at radius 3 is 2.61 bits per heavy atom. The van der Waals surface area contributed by atoms with Gasteiger partial charge in [0.2, 0.25) is 5.01 Å². The van der Waals surface area contributed by atoms with Crippen LogP contribution in [0.5, 0.6) is 5.75 Å². The number of benzene rings is 2. The molecule has 4 rings (SSSR count). The summed E-state index contributed by atoms with van der Waals surface area (Å²) in [4.78, 5) is 26.9. The van der Waals surface area contributed by atoms with Gasteiger partial charge in [-0.1, -0.05) is 41.2 Å². The molecule has 2 N–H and O–H groups in total. The molecule has 0 spiro atoms. The van der Waals surface area contributed by atoms with Crippen molar-refractivity contribution in [2.45, 2.75) is 32.2 Å². The molecule has 1 aliphatic heterocycles. The van der Waals surface area contributed by atoms with Gasteiger partial charge >= 0.3 is 6.03 Å². The Bertz CT molecular complexity index is 1110. The van der Waals surface area contributed by atoms with Gasteiger partial charge in [-0.05, 0) is 49.6 Å². The molecule has 0 aliphatic carbocycles. The first-order valence-electron chi connectivity index (χ1n) is 10.9. The summed E-state index contributed by atoms with van der Waals surface area (Å²) in [6.07, 6.45) is 1.58. The monoisotopic (exact) mass is 465 g/mol. The lowest BCUT2D eigenvalue weighted by atomic mass is 9.98. The van der Waals surface area contributed by atoms with Crippen LogP contribution in [0.25, 0.3) is 0 Å². The van der Waals surface area contributed by atoms with E-state index in [1.807, 2.05) is 60.4 Å². The van der Waals surface area contributed by atoms with E-state index in [-0.39, 0.29) is 17.9 Å². The zero-order valence-corrected chi connectivity index (χ0v) is 19.5. The van der Waals surface area contributed by atoms with Crippen LogP contribution in [-0.4, -0.2) is 47.2 Å². The van der Waals surface area contributed by atoms with Gasteiger partial charge < -0.3 is 20.3 Å². The molecule has 8 nitrogen and oxygen atoms in total. The van der Waals surface area contributed by atoms with Crippen molar-refractivity contribution < 1.29 is 14.3 Å². The second-order valence-electron chi connectivity index (χ2n) is 8.04. The second-order valence-corrected chi connectivity index (χ2v) is 9.05. The average Bonchev–Trinajstić information content (AvgIpc) is 3.35. The van der Waals surface area contributed by atoms with Crippen LogP contribution >= 0.6 is 11.3 Å². The van der Waals surface area contributed by atoms with Gasteiger partial charge in [0.1, 0.15) is 10.8 Å². The molecule has 3 amide bonds. The predicted octanol–water partition coefficient (Wildman–Crippen LogP) is 4.20. The van der Waals surface area contributed by atoms with Crippen LogP contribution in [0.3, 0.4) is 0 Å². The smallest absolute Gasteiger partial charge is 0.317 e. The number of carbonyl (C=O) groups is 2. The third-order valence-electron chi connectivity index (χ3n) is 5.65. The Morgan fingerprint density at radius 2 is 1.88 bits per heavy atom. The minimum atomic E-state index is -0.253. The van der Waals surface area contributed by atoms with E-state index >= 15 is 0 Å². The summed E-state index contributed by atoms with van der Waals surface area (Å²) in [6, 6.07) is 15.2. The number of nitrogens with zero attached hydrogens (tertiary/aromatic N) is 3. The highest BCUT2D eigenvalue weighted by molar-refractivity contribution is 7.13. The van der Waals surface area contributed by atoms with Crippen LogP contribution < -0.4 is 15.4 Å². The van der Waals surface area contributed by atoms with Crippen molar-refractivity contribution in [3.63, 3.8) is 0 Å². The van der Waals surface area contributed by atoms with Crippen molar-refractivity contribution in [1.29, 1.82) is 0 Å². The van der Waals surface area contributed by atoms with E-state index < -0.39 is 0 Å². The lowest BCUT2D eigenvalue weighted by molar-refractivity contribution is 0.102. The summed E-state index contributed by atoms with van der Waals surface area (Å²) in [7, 11) is 1.62. The molecule has 2 aromatic carbocycles. The molecule has 9 heteroatoms. The molecule has 0 bridgehead atoms. The summed E-state index contributed by atoms with van der Waals surface area (Å²) in [5.74, 6) is 0.717. The van der Waals surface area contributed by atoms with Gasteiger partial charge in [-0.2, -0.15) is 0 Å². The average molecular weight is 466 g/mol. The normalized spacial score (nSPS) is 14.1. The lowest BCUT2D eigenvalue weighted by Gasteiger charge is -2.31. The Morgan fingerprint density at radius 1 is 1.12 bits per heavy atom. The standard InChI is InChI=1S/C24H27N5O3S/c1-16-6-8-19(9-7-16)26-21(30)23-28-27-22(33-23)18-10-12-29(13-11-18)24(31)25-15-17-4-3-5-20(14-17)32-2/h3-9,14,18H,10-13,15H2,1-2H3,(H,25,31)(H,26,30). The van der Waals surface area contributed by atoms with Crippen molar-refractivity contribution in [2.75, 3.05) is 25.5 Å². The molecule has 0 radical (unpaired) electrons. The van der Waals surface area contributed by atoms with Crippen LogP contribution in [0.4, 0.5) is 10.5 Å². The van der Waals surface area contributed by atoms with Crippen LogP contribution in [0.15, 0.2) is 48.5 Å². The molecular formula is C24H27N5O3S. The van der Waals surface area contributed by atoms with Gasteiger partial charge in [-0.15, -0.1) is 10.2 Å². The molecule has 0 atom stereocenters. The molecule has 1 aliphatic rings. The van der Waals surface area contributed by atoms with Crippen LogP contribution in [0.1, 0.15) is 44.7 Å². The number of urea groups is 1. The highest BCUT2D eigenvalue weighted by atomic mass is 32.1. The van der Waals surface area contributed by atoms with E-state index in [2.05, 4.69) is 20.8 Å². The first-order valence-corrected chi connectivity index (χ1v) is 11.7. The zero-order chi connectivity index (χ0) is 23.2. The van der Waals surface area contributed by atoms with Gasteiger partial charge in [0.15, 0.2) is 0 Å². The minimum Gasteiger partial charge on any atom is -0.497 e. The molecule has 2 heterocycles. The summed E-state index contributed by atoms with van der Waals surface area (Å²) in [5, 5.41) is 15.4. The molecular weight excluding hydrogens is 438 g/mol. The fraction of sp³-hybridized carbons (Fsp3) is 0.333. The Hall–Kier alpha value is -3.46. The zero-order valence-electron chi connectivity index (χ0n) is 18.7. The van der Waals surface area contributed by atoms with Gasteiger partial charge in [-0.3, -0.25) is 4.79 Å². The fourth-order valence-corrected chi connectivity index (χ4v) is 4.62. The van der Waals surface area contributed by atoms with Crippen molar-refractivity contribution >= 4 is 29.0 Å². The number of hydrogen-bond donors (Lipinski definition) is 2. The van der Waals surface area contributed by atoms with Crippen molar-refractivity contribution in [3.8, 4) is 5.75 Å². The Balaban J connectivity index is 1.26. The predicted molar refractivity (Wildman–Crippen MR) is 128 cm³/mol. The Labute approximate surface area is 197 Å². The van der Waals surface area contributed by atoms with Crippen LogP contribution in [0.2, 0.25) is 0 Å². The molecule has 3 aromatic rings. The van der Waals surface area contributed by atoms with Crippen molar-refractivity contribution in [3.05, 3.63) is 69.7 Å². The maximum absolute atomic E-state index is 12.6. The highest BCUT2D eigenvalue weighted by Crippen LogP contribution is 2.30. The number of amides is 3. The van der Waals surface area contributed by atoms with Crippen LogP contribution in [0, 0.1) is 6.92 Å². The number of piperidine rings is 1. The largest absolute Gasteiger partial charge is 0.497 e. The number of aryl methyl sites for hydroxylation is 1. The number of methoxy groups -OCH3 is 1. The molecule has 1 saturated heterocycles. The van der Waals surface area contributed by atoms with Gasteiger partial charge in [-0.25, -0.2) is 4.79 Å². The third kappa shape index (κ3) is 5.87. The molecule has 33 heavy (non-hydrogen) atoms. The molecule has 172 valence electrons. The van der Waals surface area contributed by atoms with E-state index in [9.17, 15) is 9.59 Å².